The van der Waals surface area contributed by atoms with E-state index in [-0.39, 0.29) is 18.9 Å². The highest BCUT2D eigenvalue weighted by atomic mass is 16.5. The van der Waals surface area contributed by atoms with E-state index in [1.54, 1.807) is 19.1 Å². The van der Waals surface area contributed by atoms with Crippen molar-refractivity contribution in [2.24, 2.45) is 0 Å². The molecule has 6 nitrogen and oxygen atoms in total. The standard InChI is InChI=1S/C11H14N2O4/c1-2-17-7-10(14)13-9-4-3-8(12-6-9)5-11(15)16/h3-4,6H,2,5,7H2,1H3,(H,13,14)(H,15,16). The zero-order chi connectivity index (χ0) is 12.7. The number of amides is 1. The van der Waals surface area contributed by atoms with Crippen LogP contribution in [0.15, 0.2) is 18.3 Å². The van der Waals surface area contributed by atoms with Gasteiger partial charge in [-0.3, -0.25) is 14.6 Å². The highest BCUT2D eigenvalue weighted by Crippen LogP contribution is 2.06. The van der Waals surface area contributed by atoms with Gasteiger partial charge in [0.15, 0.2) is 0 Å². The Morgan fingerprint density at radius 1 is 1.47 bits per heavy atom. The minimum atomic E-state index is -0.939. The van der Waals surface area contributed by atoms with Gasteiger partial charge in [-0.2, -0.15) is 0 Å². The molecule has 1 amide bonds. The van der Waals surface area contributed by atoms with E-state index in [0.29, 0.717) is 18.0 Å². The summed E-state index contributed by atoms with van der Waals surface area (Å²) in [6, 6.07) is 3.17. The van der Waals surface area contributed by atoms with Crippen molar-refractivity contribution in [1.82, 2.24) is 4.98 Å². The quantitative estimate of drug-likeness (QED) is 0.761. The number of nitrogens with zero attached hydrogens (tertiary/aromatic N) is 1. The van der Waals surface area contributed by atoms with Gasteiger partial charge >= 0.3 is 5.97 Å². The lowest BCUT2D eigenvalue weighted by Crippen LogP contribution is -2.18. The van der Waals surface area contributed by atoms with Crippen LogP contribution in [0.1, 0.15) is 12.6 Å². The van der Waals surface area contributed by atoms with Crippen LogP contribution in [0.2, 0.25) is 0 Å². The molecule has 0 unspecified atom stereocenters. The van der Waals surface area contributed by atoms with E-state index < -0.39 is 5.97 Å². The second-order valence-corrected chi connectivity index (χ2v) is 3.29. The molecule has 0 aliphatic heterocycles. The van der Waals surface area contributed by atoms with E-state index >= 15 is 0 Å². The van der Waals surface area contributed by atoms with Crippen LogP contribution in [-0.4, -0.2) is 35.2 Å². The molecule has 1 heterocycles. The number of aliphatic carboxylic acids is 1. The fourth-order valence-electron chi connectivity index (χ4n) is 1.15. The molecule has 0 saturated carbocycles. The second-order valence-electron chi connectivity index (χ2n) is 3.29. The molecule has 0 aliphatic carbocycles. The summed E-state index contributed by atoms with van der Waals surface area (Å²) >= 11 is 0. The summed E-state index contributed by atoms with van der Waals surface area (Å²) in [5.74, 6) is -1.20. The number of carboxylic acids is 1. The Labute approximate surface area is 98.6 Å². The normalized spacial score (nSPS) is 9.94. The maximum atomic E-state index is 11.3. The molecule has 1 aromatic rings. The van der Waals surface area contributed by atoms with E-state index in [1.807, 2.05) is 0 Å². The molecule has 1 rings (SSSR count). The number of carboxylic acid groups (broad SMARTS) is 1. The van der Waals surface area contributed by atoms with Gasteiger partial charge in [-0.1, -0.05) is 0 Å². The Hall–Kier alpha value is -1.95. The lowest BCUT2D eigenvalue weighted by Gasteiger charge is -2.05. The third kappa shape index (κ3) is 5.07. The summed E-state index contributed by atoms with van der Waals surface area (Å²) in [6.45, 7) is 2.27. The number of rotatable bonds is 6. The fourth-order valence-corrected chi connectivity index (χ4v) is 1.15. The molecule has 0 aromatic carbocycles. The minimum Gasteiger partial charge on any atom is -0.481 e. The van der Waals surface area contributed by atoms with Crippen LogP contribution in [0.3, 0.4) is 0 Å². The van der Waals surface area contributed by atoms with Crippen LogP contribution in [0, 0.1) is 0 Å². The van der Waals surface area contributed by atoms with E-state index in [2.05, 4.69) is 10.3 Å². The Morgan fingerprint density at radius 2 is 2.24 bits per heavy atom. The predicted octanol–water partition coefficient (Wildman–Crippen LogP) is 0.684. The molecular formula is C11H14N2O4. The largest absolute Gasteiger partial charge is 0.481 e. The van der Waals surface area contributed by atoms with Crippen molar-refractivity contribution in [3.63, 3.8) is 0 Å². The Kier molecular flexibility index (Phi) is 5.09. The van der Waals surface area contributed by atoms with Gasteiger partial charge in [-0.25, -0.2) is 0 Å². The summed E-state index contributed by atoms with van der Waals surface area (Å²) in [6.07, 6.45) is 1.29. The van der Waals surface area contributed by atoms with E-state index in [4.69, 9.17) is 9.84 Å². The number of anilines is 1. The van der Waals surface area contributed by atoms with Crippen LogP contribution in [0.4, 0.5) is 5.69 Å². The van der Waals surface area contributed by atoms with Crippen LogP contribution < -0.4 is 5.32 Å². The molecule has 2 N–H and O–H groups in total. The molecule has 6 heteroatoms. The third-order valence-corrected chi connectivity index (χ3v) is 1.88. The minimum absolute atomic E-state index is 0.00657. The van der Waals surface area contributed by atoms with E-state index in [1.165, 1.54) is 6.20 Å². The van der Waals surface area contributed by atoms with Gasteiger partial charge in [-0.05, 0) is 19.1 Å². The highest BCUT2D eigenvalue weighted by Gasteiger charge is 2.04. The number of carbonyl (C=O) groups excluding carboxylic acids is 1. The first-order chi connectivity index (χ1) is 8.11. The molecule has 17 heavy (non-hydrogen) atoms. The van der Waals surface area contributed by atoms with E-state index in [0.717, 1.165) is 0 Å². The first kappa shape index (κ1) is 13.1. The van der Waals surface area contributed by atoms with Crippen LogP contribution in [-0.2, 0) is 20.7 Å². The lowest BCUT2D eigenvalue weighted by atomic mass is 10.2. The number of hydrogen-bond donors (Lipinski definition) is 2. The van der Waals surface area contributed by atoms with Crippen LogP contribution in [0.5, 0.6) is 0 Å². The van der Waals surface area contributed by atoms with Gasteiger partial charge in [0.2, 0.25) is 5.91 Å². The topological polar surface area (TPSA) is 88.5 Å². The van der Waals surface area contributed by atoms with Crippen molar-refractivity contribution in [3.05, 3.63) is 24.0 Å². The van der Waals surface area contributed by atoms with Crippen LogP contribution >= 0.6 is 0 Å². The molecule has 0 spiro atoms. The molecule has 1 aromatic heterocycles. The average Bonchev–Trinajstić information content (AvgIpc) is 2.28. The highest BCUT2D eigenvalue weighted by molar-refractivity contribution is 5.91. The predicted molar refractivity (Wildman–Crippen MR) is 60.7 cm³/mol. The molecule has 0 atom stereocenters. The SMILES string of the molecule is CCOCC(=O)Nc1ccc(CC(=O)O)nc1. The molecule has 0 saturated heterocycles. The van der Waals surface area contributed by atoms with Crippen molar-refractivity contribution in [1.29, 1.82) is 0 Å². The zero-order valence-corrected chi connectivity index (χ0v) is 9.47. The van der Waals surface area contributed by atoms with Crippen molar-refractivity contribution in [3.8, 4) is 0 Å². The first-order valence-corrected chi connectivity index (χ1v) is 5.16. The number of carbonyl (C=O) groups is 2. The van der Waals surface area contributed by atoms with E-state index in [9.17, 15) is 9.59 Å². The van der Waals surface area contributed by atoms with Gasteiger partial charge < -0.3 is 15.2 Å². The number of nitrogens with one attached hydrogen (secondary N) is 1. The fraction of sp³-hybridized carbons (Fsp3) is 0.364. The molecule has 92 valence electrons. The maximum Gasteiger partial charge on any atom is 0.309 e. The molecule has 0 aliphatic rings. The van der Waals surface area contributed by atoms with Gasteiger partial charge in [-0.15, -0.1) is 0 Å². The average molecular weight is 238 g/mol. The van der Waals surface area contributed by atoms with Gasteiger partial charge in [0.1, 0.15) is 6.61 Å². The van der Waals surface area contributed by atoms with Gasteiger partial charge in [0, 0.05) is 6.61 Å². The first-order valence-electron chi connectivity index (χ1n) is 5.16. The van der Waals surface area contributed by atoms with Crippen molar-refractivity contribution in [2.75, 3.05) is 18.5 Å². The zero-order valence-electron chi connectivity index (χ0n) is 9.47. The summed E-state index contributed by atoms with van der Waals surface area (Å²) in [7, 11) is 0. The smallest absolute Gasteiger partial charge is 0.309 e. The van der Waals surface area contributed by atoms with Gasteiger partial charge in [0.05, 0.1) is 24.0 Å². The lowest BCUT2D eigenvalue weighted by molar-refractivity contribution is -0.136. The number of pyridine rings is 1. The van der Waals surface area contributed by atoms with Gasteiger partial charge in [0.25, 0.3) is 0 Å². The Balaban J connectivity index is 2.50. The second kappa shape index (κ2) is 6.59. The van der Waals surface area contributed by atoms with Crippen molar-refractivity contribution in [2.45, 2.75) is 13.3 Å². The number of hydrogen-bond acceptors (Lipinski definition) is 4. The number of ether oxygens (including phenoxy) is 1. The Bertz CT molecular complexity index is 389. The Morgan fingerprint density at radius 3 is 2.76 bits per heavy atom. The summed E-state index contributed by atoms with van der Waals surface area (Å²) in [5, 5.41) is 11.1. The van der Waals surface area contributed by atoms with Crippen molar-refractivity contribution < 1.29 is 19.4 Å². The maximum absolute atomic E-state index is 11.3. The summed E-state index contributed by atoms with van der Waals surface area (Å²) in [5.41, 5.74) is 0.962. The summed E-state index contributed by atoms with van der Waals surface area (Å²) in [4.78, 5) is 25.6. The molecule has 0 fully saturated rings. The molecule has 0 radical (unpaired) electrons. The molecule has 0 bridgehead atoms. The van der Waals surface area contributed by atoms with Crippen molar-refractivity contribution >= 4 is 17.6 Å². The monoisotopic (exact) mass is 238 g/mol. The summed E-state index contributed by atoms with van der Waals surface area (Å²) < 4.78 is 4.93. The van der Waals surface area contributed by atoms with Crippen LogP contribution in [0.25, 0.3) is 0 Å². The third-order valence-electron chi connectivity index (χ3n) is 1.88. The number of aromatic nitrogens is 1. The molecular weight excluding hydrogens is 224 g/mol.